The summed E-state index contributed by atoms with van der Waals surface area (Å²) in [4.78, 5) is 53.2. The Balaban J connectivity index is 1.60. The van der Waals surface area contributed by atoms with E-state index in [4.69, 9.17) is 17.0 Å². The number of imide groups is 1. The zero-order valence-corrected chi connectivity index (χ0v) is 25.0. The van der Waals surface area contributed by atoms with Crippen molar-refractivity contribution in [3.63, 3.8) is 0 Å². The molecule has 1 aliphatic heterocycles. The van der Waals surface area contributed by atoms with Gasteiger partial charge in [0.1, 0.15) is 18.8 Å². The van der Waals surface area contributed by atoms with Crippen LogP contribution >= 0.6 is 0 Å². The normalized spacial score (nSPS) is 16.4. The molecule has 9 heteroatoms. The van der Waals surface area contributed by atoms with E-state index in [-0.39, 0.29) is 18.8 Å². The Hall–Kier alpha value is -4.66. The number of amides is 3. The largest absolute Gasteiger partial charge is 0.457 e. The van der Waals surface area contributed by atoms with Crippen LogP contribution in [-0.2, 0) is 32.0 Å². The van der Waals surface area contributed by atoms with Crippen molar-refractivity contribution in [2.45, 2.75) is 65.2 Å². The third-order valence-corrected chi connectivity index (χ3v) is 6.76. The maximum Gasteiger partial charge on any atom is 0.417 e. The molecule has 2 atom stereocenters. The van der Waals surface area contributed by atoms with Crippen LogP contribution < -0.4 is 5.32 Å². The minimum Gasteiger partial charge on any atom is -0.457 e. The molecule has 1 aliphatic rings. The first-order valence-corrected chi connectivity index (χ1v) is 14.0. The van der Waals surface area contributed by atoms with E-state index in [1.165, 1.54) is 12.1 Å². The summed E-state index contributed by atoms with van der Waals surface area (Å²) in [6.07, 6.45) is -1.66. The van der Waals surface area contributed by atoms with Crippen LogP contribution in [0.3, 0.4) is 0 Å². The molecule has 4 rings (SSSR count). The summed E-state index contributed by atoms with van der Waals surface area (Å²) in [5.41, 5.74) is 2.99. The Kier molecular flexibility index (Phi) is 8.96. The summed E-state index contributed by atoms with van der Waals surface area (Å²) in [5, 5.41) is 2.18. The zero-order valence-electron chi connectivity index (χ0n) is 27.0. The number of rotatable bonds is 9. The van der Waals surface area contributed by atoms with Gasteiger partial charge < -0.3 is 19.5 Å². The summed E-state index contributed by atoms with van der Waals surface area (Å²) in [5.74, 6) is -3.02. The monoisotopic (exact) mass is 588 g/mol. The summed E-state index contributed by atoms with van der Waals surface area (Å²) >= 11 is 0. The van der Waals surface area contributed by atoms with Crippen LogP contribution in [0.4, 0.5) is 9.59 Å². The summed E-state index contributed by atoms with van der Waals surface area (Å²) < 4.78 is 33.6. The minimum atomic E-state index is -2.68. The number of aryl methyl sites for hydroxylation is 2. The van der Waals surface area contributed by atoms with Crippen molar-refractivity contribution in [1.82, 2.24) is 10.2 Å². The van der Waals surface area contributed by atoms with Gasteiger partial charge in [-0.3, -0.25) is 4.79 Å². The Morgan fingerprint density at radius 3 is 2.37 bits per heavy atom. The molecular weight excluding hydrogens is 548 g/mol. The van der Waals surface area contributed by atoms with Gasteiger partial charge in [0.15, 0.2) is 0 Å². The van der Waals surface area contributed by atoms with Crippen LogP contribution in [0.5, 0.6) is 0 Å². The highest BCUT2D eigenvalue weighted by Gasteiger charge is 2.41. The van der Waals surface area contributed by atoms with Crippen molar-refractivity contribution in [3.8, 4) is 0 Å². The molecular formula is C34H38N2O7. The van der Waals surface area contributed by atoms with Crippen molar-refractivity contribution in [3.05, 3.63) is 106 Å². The van der Waals surface area contributed by atoms with Gasteiger partial charge in [-0.05, 0) is 69.4 Å². The second kappa shape index (κ2) is 13.5. The molecule has 3 aromatic carbocycles. The number of nitrogens with zero attached hydrogens (tertiary/aromatic N) is 1. The lowest BCUT2D eigenvalue weighted by molar-refractivity contribution is -0.130. The number of hydrogen-bond acceptors (Lipinski definition) is 7. The molecule has 3 aromatic rings. The number of nitrogens with one attached hydrogen (secondary N) is 1. The summed E-state index contributed by atoms with van der Waals surface area (Å²) in [7, 11) is 0. The van der Waals surface area contributed by atoms with Gasteiger partial charge in [0.25, 0.3) is 0 Å². The van der Waals surface area contributed by atoms with Gasteiger partial charge in [0, 0.05) is 6.50 Å². The molecule has 43 heavy (non-hydrogen) atoms. The first kappa shape index (κ1) is 28.5. The van der Waals surface area contributed by atoms with Gasteiger partial charge >= 0.3 is 18.2 Å². The predicted molar refractivity (Wildman–Crippen MR) is 161 cm³/mol. The molecule has 1 saturated heterocycles. The average molecular weight is 589 g/mol. The first-order valence-electron chi connectivity index (χ1n) is 15.0. The Morgan fingerprint density at radius 2 is 1.72 bits per heavy atom. The first-order chi connectivity index (χ1) is 21.1. The topological polar surface area (TPSA) is 111 Å². The van der Waals surface area contributed by atoms with Crippen molar-refractivity contribution in [1.29, 1.82) is 0 Å². The van der Waals surface area contributed by atoms with Crippen LogP contribution in [0.1, 0.15) is 67.6 Å². The third-order valence-electron chi connectivity index (χ3n) is 6.76. The van der Waals surface area contributed by atoms with E-state index < -0.39 is 48.1 Å². The predicted octanol–water partition coefficient (Wildman–Crippen LogP) is 5.86. The average Bonchev–Trinajstić information content (AvgIpc) is 3.31. The maximum atomic E-state index is 14.1. The highest BCUT2D eigenvalue weighted by molar-refractivity contribution is 5.97. The van der Waals surface area contributed by atoms with E-state index in [1.54, 1.807) is 39.0 Å². The molecule has 1 fully saturated rings. The molecule has 226 valence electrons. The van der Waals surface area contributed by atoms with Gasteiger partial charge in [-0.15, -0.1) is 0 Å². The quantitative estimate of drug-likeness (QED) is 0.246. The number of carbonyl (C=O) groups is 4. The highest BCUT2D eigenvalue weighted by Crippen LogP contribution is 2.26. The fourth-order valence-electron chi connectivity index (χ4n) is 4.70. The Bertz CT molecular complexity index is 1550. The molecule has 1 heterocycles. The number of cyclic esters (lactones) is 1. The van der Waals surface area contributed by atoms with Gasteiger partial charge in [0.05, 0.1) is 20.3 Å². The SMILES string of the molecule is [2H]C([2H])(NC(=O)OC(C)(C)C)[C@@H](C(=O)N1C(=O)OC[C@H]1Cc1ccccc1)c1ccc(COC(=O)c2ccc(C)cc2C)cc1. The van der Waals surface area contributed by atoms with Gasteiger partial charge in [-0.25, -0.2) is 19.3 Å². The molecule has 3 amide bonds. The molecule has 0 aliphatic carbocycles. The van der Waals surface area contributed by atoms with Crippen LogP contribution in [-0.4, -0.2) is 53.7 Å². The number of carbonyl (C=O) groups excluding carboxylic acids is 4. The second-order valence-corrected chi connectivity index (χ2v) is 11.5. The van der Waals surface area contributed by atoms with Crippen LogP contribution in [0.15, 0.2) is 72.8 Å². The highest BCUT2D eigenvalue weighted by atomic mass is 16.6. The number of benzene rings is 3. The number of ether oxygens (including phenoxy) is 3. The minimum absolute atomic E-state index is 0.0561. The van der Waals surface area contributed by atoms with Crippen molar-refractivity contribution in [2.24, 2.45) is 0 Å². The molecule has 0 aromatic heterocycles. The molecule has 0 spiro atoms. The van der Waals surface area contributed by atoms with Gasteiger partial charge in [-0.2, -0.15) is 0 Å². The van der Waals surface area contributed by atoms with Gasteiger partial charge in [0.2, 0.25) is 5.91 Å². The van der Waals surface area contributed by atoms with E-state index in [2.05, 4.69) is 5.32 Å². The lowest BCUT2D eigenvalue weighted by Crippen LogP contribution is -2.46. The van der Waals surface area contributed by atoms with Gasteiger partial charge in [-0.1, -0.05) is 72.3 Å². The zero-order chi connectivity index (χ0) is 32.9. The lowest BCUT2D eigenvalue weighted by atomic mass is 9.95. The molecule has 0 radical (unpaired) electrons. The van der Waals surface area contributed by atoms with E-state index in [0.29, 0.717) is 17.5 Å². The fraction of sp³-hybridized carbons (Fsp3) is 0.353. The standard InChI is InChI=1S/C34H38N2O7/c1-22-11-16-28(23(2)17-22)31(38)41-20-25-12-14-26(15-13-25)29(19-35-32(39)43-34(3,4)5)30(37)36-27(21-42-33(36)40)18-24-9-7-6-8-10-24/h6-17,27,29H,18-21H2,1-5H3,(H,35,39)/t27-,29-/m1/s1/i19D2. The molecule has 9 nitrogen and oxygen atoms in total. The maximum absolute atomic E-state index is 14.1. The van der Waals surface area contributed by atoms with E-state index in [1.807, 2.05) is 56.3 Å². The third kappa shape index (κ3) is 8.44. The summed E-state index contributed by atoms with van der Waals surface area (Å²) in [6, 6.07) is 20.2. The van der Waals surface area contributed by atoms with Crippen LogP contribution in [0.25, 0.3) is 0 Å². The van der Waals surface area contributed by atoms with Crippen LogP contribution in [0, 0.1) is 13.8 Å². The van der Waals surface area contributed by atoms with Crippen LogP contribution in [0.2, 0.25) is 0 Å². The van der Waals surface area contributed by atoms with Crippen molar-refractivity contribution >= 4 is 24.1 Å². The second-order valence-electron chi connectivity index (χ2n) is 11.5. The smallest absolute Gasteiger partial charge is 0.417 e. The fourth-order valence-corrected chi connectivity index (χ4v) is 4.70. The molecule has 0 bridgehead atoms. The number of alkyl carbamates (subject to hydrolysis) is 1. The summed E-state index contributed by atoms with van der Waals surface area (Å²) in [6.45, 7) is 5.85. The Morgan fingerprint density at radius 1 is 1.02 bits per heavy atom. The van der Waals surface area contributed by atoms with Crippen molar-refractivity contribution in [2.75, 3.05) is 13.1 Å². The molecule has 0 saturated carbocycles. The Labute approximate surface area is 254 Å². The number of hydrogen-bond donors (Lipinski definition) is 1. The lowest BCUT2D eigenvalue weighted by Gasteiger charge is -2.26. The molecule has 1 N–H and O–H groups in total. The van der Waals surface area contributed by atoms with Crippen molar-refractivity contribution < 1.29 is 36.1 Å². The van der Waals surface area contributed by atoms with E-state index in [9.17, 15) is 19.2 Å². The van der Waals surface area contributed by atoms with E-state index >= 15 is 0 Å². The van der Waals surface area contributed by atoms with E-state index in [0.717, 1.165) is 21.6 Å². The molecule has 0 unspecified atom stereocenters. The number of esters is 1.